The molecule has 27 heavy (non-hydrogen) atoms. The van der Waals surface area contributed by atoms with Gasteiger partial charge in [0.2, 0.25) is 5.75 Å². The van der Waals surface area contributed by atoms with E-state index in [1.54, 1.807) is 18.2 Å². The Morgan fingerprint density at radius 1 is 1.00 bits per heavy atom. The Bertz CT molecular complexity index is 835. The van der Waals surface area contributed by atoms with E-state index >= 15 is 0 Å². The van der Waals surface area contributed by atoms with Crippen LogP contribution in [0.25, 0.3) is 0 Å². The lowest BCUT2D eigenvalue weighted by Crippen LogP contribution is -2.43. The molecule has 0 aliphatic heterocycles. The van der Waals surface area contributed by atoms with Gasteiger partial charge in [0.05, 0.1) is 21.3 Å². The third kappa shape index (κ3) is 5.15. The predicted octanol–water partition coefficient (Wildman–Crippen LogP) is 3.31. The van der Waals surface area contributed by atoms with E-state index in [2.05, 4.69) is 16.2 Å². The number of amides is 1. The fourth-order valence-corrected chi connectivity index (χ4v) is 2.71. The first kappa shape index (κ1) is 20.6. The number of benzene rings is 2. The Hall–Kier alpha value is -2.71. The molecule has 0 aromatic heterocycles. The van der Waals surface area contributed by atoms with Crippen molar-refractivity contribution in [1.82, 2.24) is 10.9 Å². The van der Waals surface area contributed by atoms with E-state index in [4.69, 9.17) is 38.0 Å². The van der Waals surface area contributed by atoms with Crippen LogP contribution in [0.3, 0.4) is 0 Å². The lowest BCUT2D eigenvalue weighted by atomic mass is 10.1. The summed E-state index contributed by atoms with van der Waals surface area (Å²) >= 11 is 11.1. The van der Waals surface area contributed by atoms with Gasteiger partial charge in [-0.3, -0.25) is 15.6 Å². The second-order valence-corrected chi connectivity index (χ2v) is 6.25. The Balaban J connectivity index is 2.05. The van der Waals surface area contributed by atoms with Crippen molar-refractivity contribution >= 4 is 40.5 Å². The average molecular weight is 410 g/mol. The van der Waals surface area contributed by atoms with Crippen LogP contribution < -0.4 is 30.4 Å². The van der Waals surface area contributed by atoms with Crippen LogP contribution in [-0.4, -0.2) is 32.3 Å². The highest BCUT2D eigenvalue weighted by molar-refractivity contribution is 7.80. The SMILES string of the molecule is COc1cc(C(=O)NNC(=S)Nc2ccc(Cl)cc2C)cc(OC)c1OC. The molecule has 0 saturated heterocycles. The molecule has 0 heterocycles. The number of anilines is 1. The molecule has 144 valence electrons. The van der Waals surface area contributed by atoms with Gasteiger partial charge in [-0.2, -0.15) is 0 Å². The molecule has 0 unspecified atom stereocenters. The molecular formula is C18H20ClN3O4S. The predicted molar refractivity (Wildman–Crippen MR) is 109 cm³/mol. The second kappa shape index (κ2) is 9.29. The lowest BCUT2D eigenvalue weighted by molar-refractivity contribution is 0.0943. The second-order valence-electron chi connectivity index (χ2n) is 5.41. The normalized spacial score (nSPS) is 9.96. The van der Waals surface area contributed by atoms with Crippen molar-refractivity contribution in [2.45, 2.75) is 6.92 Å². The van der Waals surface area contributed by atoms with E-state index in [1.807, 2.05) is 6.92 Å². The summed E-state index contributed by atoms with van der Waals surface area (Å²) in [5, 5.41) is 3.84. The lowest BCUT2D eigenvalue weighted by Gasteiger charge is -2.15. The Kier molecular flexibility index (Phi) is 7.09. The van der Waals surface area contributed by atoms with Gasteiger partial charge >= 0.3 is 0 Å². The molecule has 7 nitrogen and oxygen atoms in total. The molecule has 0 bridgehead atoms. The van der Waals surface area contributed by atoms with Crippen molar-refractivity contribution in [2.24, 2.45) is 0 Å². The monoisotopic (exact) mass is 409 g/mol. The molecule has 2 aromatic rings. The Morgan fingerprint density at radius 2 is 1.63 bits per heavy atom. The number of carbonyl (C=O) groups is 1. The summed E-state index contributed by atoms with van der Waals surface area (Å²) in [6, 6.07) is 8.43. The maximum atomic E-state index is 12.4. The fraction of sp³-hybridized carbons (Fsp3) is 0.222. The molecule has 0 atom stereocenters. The number of hydrazine groups is 1. The van der Waals surface area contributed by atoms with Crippen LogP contribution in [0.1, 0.15) is 15.9 Å². The summed E-state index contributed by atoms with van der Waals surface area (Å²) in [6.45, 7) is 1.89. The number of hydrogen-bond acceptors (Lipinski definition) is 5. The van der Waals surface area contributed by atoms with Crippen molar-refractivity contribution in [2.75, 3.05) is 26.6 Å². The van der Waals surface area contributed by atoms with Gasteiger partial charge in [0.25, 0.3) is 5.91 Å². The number of ether oxygens (including phenoxy) is 3. The van der Waals surface area contributed by atoms with Crippen LogP contribution in [0.5, 0.6) is 17.2 Å². The van der Waals surface area contributed by atoms with Crippen LogP contribution in [0.4, 0.5) is 5.69 Å². The zero-order valence-corrected chi connectivity index (χ0v) is 16.9. The van der Waals surface area contributed by atoms with Crippen LogP contribution in [0.15, 0.2) is 30.3 Å². The molecular weight excluding hydrogens is 390 g/mol. The molecule has 3 N–H and O–H groups in total. The number of halogens is 1. The number of methoxy groups -OCH3 is 3. The summed E-state index contributed by atoms with van der Waals surface area (Å²) < 4.78 is 15.7. The molecule has 1 amide bonds. The average Bonchev–Trinajstić information content (AvgIpc) is 2.66. The number of rotatable bonds is 5. The number of nitrogens with one attached hydrogen (secondary N) is 3. The third-order valence-electron chi connectivity index (χ3n) is 3.65. The molecule has 0 aliphatic carbocycles. The number of carbonyl (C=O) groups excluding carboxylic acids is 1. The van der Waals surface area contributed by atoms with Crippen molar-refractivity contribution in [3.8, 4) is 17.2 Å². The number of thiocarbonyl (C=S) groups is 1. The Morgan fingerprint density at radius 3 is 2.15 bits per heavy atom. The molecule has 2 aromatic carbocycles. The largest absolute Gasteiger partial charge is 0.493 e. The molecule has 0 fully saturated rings. The maximum absolute atomic E-state index is 12.4. The minimum Gasteiger partial charge on any atom is -0.493 e. The molecule has 9 heteroatoms. The summed E-state index contributed by atoms with van der Waals surface area (Å²) in [7, 11) is 4.44. The fourth-order valence-electron chi connectivity index (χ4n) is 2.32. The van der Waals surface area contributed by atoms with E-state index in [1.165, 1.54) is 33.5 Å². The summed E-state index contributed by atoms with van der Waals surface area (Å²) in [6.07, 6.45) is 0. The van der Waals surface area contributed by atoms with E-state index in [0.717, 1.165) is 11.3 Å². The van der Waals surface area contributed by atoms with Crippen LogP contribution in [0.2, 0.25) is 5.02 Å². The topological polar surface area (TPSA) is 80.9 Å². The standard InChI is InChI=1S/C18H20ClN3O4S/c1-10-7-12(19)5-6-13(10)20-18(27)22-21-17(23)11-8-14(24-2)16(26-4)15(9-11)25-3/h5-9H,1-4H3,(H,21,23)(H2,20,22,27). The van der Waals surface area contributed by atoms with Crippen molar-refractivity contribution in [3.63, 3.8) is 0 Å². The van der Waals surface area contributed by atoms with Gasteiger partial charge in [0.1, 0.15) is 0 Å². The highest BCUT2D eigenvalue weighted by Gasteiger charge is 2.17. The van der Waals surface area contributed by atoms with Crippen molar-refractivity contribution < 1.29 is 19.0 Å². The zero-order valence-electron chi connectivity index (χ0n) is 15.3. The summed E-state index contributed by atoms with van der Waals surface area (Å²) in [4.78, 5) is 12.4. The molecule has 0 radical (unpaired) electrons. The highest BCUT2D eigenvalue weighted by Crippen LogP contribution is 2.38. The quantitative estimate of drug-likeness (QED) is 0.516. The molecule has 0 saturated carbocycles. The molecule has 0 aliphatic rings. The van der Waals surface area contributed by atoms with Gasteiger partial charge in [0.15, 0.2) is 16.6 Å². The van der Waals surface area contributed by atoms with E-state index in [-0.39, 0.29) is 5.11 Å². The van der Waals surface area contributed by atoms with Crippen LogP contribution in [0, 0.1) is 6.92 Å². The first-order chi connectivity index (χ1) is 12.9. The van der Waals surface area contributed by atoms with E-state index in [9.17, 15) is 4.79 Å². The van der Waals surface area contributed by atoms with Gasteiger partial charge in [-0.1, -0.05) is 11.6 Å². The van der Waals surface area contributed by atoms with Gasteiger partial charge in [-0.05, 0) is 55.0 Å². The van der Waals surface area contributed by atoms with Gasteiger partial charge in [-0.25, -0.2) is 0 Å². The maximum Gasteiger partial charge on any atom is 0.269 e. The number of hydrogen-bond donors (Lipinski definition) is 3. The summed E-state index contributed by atoms with van der Waals surface area (Å²) in [5.41, 5.74) is 7.17. The third-order valence-corrected chi connectivity index (χ3v) is 4.09. The first-order valence-corrected chi connectivity index (χ1v) is 8.61. The van der Waals surface area contributed by atoms with E-state index in [0.29, 0.717) is 27.8 Å². The smallest absolute Gasteiger partial charge is 0.269 e. The van der Waals surface area contributed by atoms with Crippen LogP contribution >= 0.6 is 23.8 Å². The molecule has 0 spiro atoms. The first-order valence-electron chi connectivity index (χ1n) is 7.83. The highest BCUT2D eigenvalue weighted by atomic mass is 35.5. The Labute approximate surface area is 167 Å². The minimum absolute atomic E-state index is 0.223. The molecule has 2 rings (SSSR count). The van der Waals surface area contributed by atoms with Gasteiger partial charge < -0.3 is 19.5 Å². The van der Waals surface area contributed by atoms with Gasteiger partial charge in [-0.15, -0.1) is 0 Å². The van der Waals surface area contributed by atoms with E-state index < -0.39 is 5.91 Å². The van der Waals surface area contributed by atoms with Crippen LogP contribution in [-0.2, 0) is 0 Å². The number of aryl methyl sites for hydroxylation is 1. The zero-order chi connectivity index (χ0) is 20.0. The minimum atomic E-state index is -0.425. The summed E-state index contributed by atoms with van der Waals surface area (Å²) in [5.74, 6) is 0.727. The van der Waals surface area contributed by atoms with Crippen molar-refractivity contribution in [3.05, 3.63) is 46.5 Å². The van der Waals surface area contributed by atoms with Gasteiger partial charge in [0, 0.05) is 16.3 Å². The van der Waals surface area contributed by atoms with Crippen molar-refractivity contribution in [1.29, 1.82) is 0 Å².